The van der Waals surface area contributed by atoms with Crippen molar-refractivity contribution >= 4 is 67.8 Å². The molecule has 16 aromatic carbocycles. The van der Waals surface area contributed by atoms with Crippen molar-refractivity contribution in [1.82, 2.24) is 0 Å². The highest BCUT2D eigenvalue weighted by Crippen LogP contribution is 2.61. The molecule has 2 heteroatoms. The zero-order valence-electron chi connectivity index (χ0n) is 58.9. The lowest BCUT2D eigenvalue weighted by molar-refractivity contribution is 0.759. The number of hydrogen-bond donors (Lipinski definition) is 0. The summed E-state index contributed by atoms with van der Waals surface area (Å²) < 4.78 is 0. The Balaban J connectivity index is 0.832. The van der Waals surface area contributed by atoms with Gasteiger partial charge in [-0.25, -0.2) is 0 Å². The molecule has 0 amide bonds. The van der Waals surface area contributed by atoms with Crippen LogP contribution in [0.2, 0.25) is 0 Å². The standard InChI is InChI=1S/C102H76N2/c1-7-71-39-47-77(48-40-71)101(95-63-67(3)35-37-69(95)5)93-33-21-19-29-87(93)89-57-55-81(65-97(89)101)103(79-51-43-75(44-52-79)73-23-11-9-12-24-73)99-61-59-85(83-27-15-17-31-91(83)99)86-60-62-100(92-32-18-16-28-84(86)92)104(80-53-45-76(46-54-80)74-25-13-10-14-26-74)82-56-58-90-88-30-20-22-34-94(88)102(98(90)66-82,78-49-41-72(8-2)42-50-78)96-64-68(4)36-38-70(96)6/h7-66H,1-2H2,3-6H3. The van der Waals surface area contributed by atoms with E-state index < -0.39 is 10.8 Å². The van der Waals surface area contributed by atoms with Crippen LogP contribution in [0.1, 0.15) is 77.9 Å². The summed E-state index contributed by atoms with van der Waals surface area (Å²) in [6, 6.07) is 132. The Hall–Kier alpha value is -12.9. The van der Waals surface area contributed by atoms with Crippen LogP contribution in [0.3, 0.4) is 0 Å². The second kappa shape index (κ2) is 25.6. The van der Waals surface area contributed by atoms with E-state index in [9.17, 15) is 0 Å². The number of rotatable bonds is 15. The van der Waals surface area contributed by atoms with Gasteiger partial charge in [-0.3, -0.25) is 0 Å². The molecule has 18 rings (SSSR count). The molecule has 0 aliphatic heterocycles. The Labute approximate surface area is 610 Å². The van der Waals surface area contributed by atoms with E-state index in [1.54, 1.807) is 0 Å². The highest BCUT2D eigenvalue weighted by molar-refractivity contribution is 6.13. The molecule has 2 atom stereocenters. The third kappa shape index (κ3) is 10.1. The van der Waals surface area contributed by atoms with E-state index in [1.807, 2.05) is 12.2 Å². The van der Waals surface area contributed by atoms with Crippen LogP contribution in [-0.2, 0) is 10.8 Å². The monoisotopic (exact) mass is 1330 g/mol. The summed E-state index contributed by atoms with van der Waals surface area (Å²) in [6.07, 6.45) is 3.88. The van der Waals surface area contributed by atoms with Gasteiger partial charge in [-0.2, -0.15) is 0 Å². The van der Waals surface area contributed by atoms with Crippen molar-refractivity contribution in [2.75, 3.05) is 9.80 Å². The third-order valence-corrected chi connectivity index (χ3v) is 22.4. The van der Waals surface area contributed by atoms with E-state index in [0.29, 0.717) is 0 Å². The molecular formula is C102H76N2. The van der Waals surface area contributed by atoms with Crippen LogP contribution in [0.15, 0.2) is 365 Å². The summed E-state index contributed by atoms with van der Waals surface area (Å²) in [6.45, 7) is 17.3. The van der Waals surface area contributed by atoms with Gasteiger partial charge in [0.1, 0.15) is 0 Å². The second-order valence-corrected chi connectivity index (χ2v) is 28.2. The first-order chi connectivity index (χ1) is 51.1. The van der Waals surface area contributed by atoms with Crippen LogP contribution in [0, 0.1) is 27.7 Å². The van der Waals surface area contributed by atoms with E-state index >= 15 is 0 Å². The van der Waals surface area contributed by atoms with Crippen molar-refractivity contribution in [3.05, 3.63) is 443 Å². The highest BCUT2D eigenvalue weighted by atomic mass is 15.2. The molecular weight excluding hydrogens is 1250 g/mol. The first-order valence-corrected chi connectivity index (χ1v) is 36.2. The Morgan fingerprint density at radius 1 is 0.240 bits per heavy atom. The van der Waals surface area contributed by atoms with Gasteiger partial charge >= 0.3 is 0 Å². The first kappa shape index (κ1) is 63.3. The topological polar surface area (TPSA) is 6.48 Å². The quantitative estimate of drug-likeness (QED) is 0.101. The van der Waals surface area contributed by atoms with Gasteiger partial charge < -0.3 is 9.80 Å². The number of hydrogen-bond acceptors (Lipinski definition) is 2. The molecule has 0 N–H and O–H groups in total. The van der Waals surface area contributed by atoms with Crippen molar-refractivity contribution in [3.8, 4) is 55.6 Å². The number of nitrogens with zero attached hydrogens (tertiary/aromatic N) is 2. The SMILES string of the molecule is C=Cc1ccc(C2(c3cc(C)ccc3C)c3ccccc3-c3ccc(N(c4ccc(-c5ccccc5)cc4)c4ccc(-c5ccc(N(c6ccc(-c7ccccc7)cc6)c6ccc7c(c6)C(c6ccc(C=C)cc6)(c6cc(C)ccc6C)c6ccccc6-7)c6ccccc56)c5ccccc45)cc32)cc1. The summed E-state index contributed by atoms with van der Waals surface area (Å²) in [5.74, 6) is 0. The van der Waals surface area contributed by atoms with Gasteiger partial charge in [0.15, 0.2) is 0 Å². The van der Waals surface area contributed by atoms with Crippen LogP contribution >= 0.6 is 0 Å². The summed E-state index contributed by atoms with van der Waals surface area (Å²) >= 11 is 0. The van der Waals surface area contributed by atoms with Crippen LogP contribution in [0.4, 0.5) is 34.1 Å². The normalized spacial score (nSPS) is 14.7. The van der Waals surface area contributed by atoms with Gasteiger partial charge in [0.2, 0.25) is 0 Å². The van der Waals surface area contributed by atoms with Crippen molar-refractivity contribution in [3.63, 3.8) is 0 Å². The molecule has 0 bridgehead atoms. The maximum Gasteiger partial charge on any atom is 0.0716 e. The lowest BCUT2D eigenvalue weighted by Crippen LogP contribution is -2.30. The number of benzene rings is 16. The molecule has 2 aliphatic carbocycles. The van der Waals surface area contributed by atoms with Crippen LogP contribution in [0.25, 0.3) is 89.3 Å². The maximum atomic E-state index is 4.17. The average molecular weight is 1330 g/mol. The van der Waals surface area contributed by atoms with E-state index in [1.165, 1.54) is 100 Å². The molecule has 104 heavy (non-hydrogen) atoms. The predicted octanol–water partition coefficient (Wildman–Crippen LogP) is 27.2. The molecule has 0 saturated carbocycles. The largest absolute Gasteiger partial charge is 0.310 e. The number of fused-ring (bicyclic) bond motifs is 8. The van der Waals surface area contributed by atoms with Gasteiger partial charge in [-0.1, -0.05) is 328 Å². The van der Waals surface area contributed by atoms with Crippen LogP contribution < -0.4 is 9.80 Å². The third-order valence-electron chi connectivity index (χ3n) is 22.4. The Morgan fingerprint density at radius 3 is 0.962 bits per heavy atom. The number of anilines is 6. The van der Waals surface area contributed by atoms with Crippen molar-refractivity contribution in [1.29, 1.82) is 0 Å². The van der Waals surface area contributed by atoms with Crippen molar-refractivity contribution < 1.29 is 0 Å². The molecule has 2 aliphatic rings. The van der Waals surface area contributed by atoms with E-state index in [4.69, 9.17) is 0 Å². The lowest BCUT2D eigenvalue weighted by atomic mass is 9.66. The van der Waals surface area contributed by atoms with Crippen molar-refractivity contribution in [2.24, 2.45) is 0 Å². The highest BCUT2D eigenvalue weighted by Gasteiger charge is 2.49. The molecule has 0 fully saturated rings. The molecule has 494 valence electrons. The molecule has 2 nitrogen and oxygen atoms in total. The zero-order valence-corrected chi connectivity index (χ0v) is 58.9. The zero-order chi connectivity index (χ0) is 70.2. The Bertz CT molecular complexity index is 5670. The van der Waals surface area contributed by atoms with Gasteiger partial charge in [-0.15, -0.1) is 0 Å². The van der Waals surface area contributed by atoms with E-state index in [2.05, 4.69) is 403 Å². The predicted molar refractivity (Wildman–Crippen MR) is 441 cm³/mol. The molecule has 2 unspecified atom stereocenters. The maximum absolute atomic E-state index is 4.17. The fourth-order valence-electron chi connectivity index (χ4n) is 17.5. The summed E-state index contributed by atoms with van der Waals surface area (Å²) in [7, 11) is 0. The van der Waals surface area contributed by atoms with E-state index in [0.717, 1.165) is 89.0 Å². The van der Waals surface area contributed by atoms with E-state index in [-0.39, 0.29) is 0 Å². The average Bonchev–Trinajstić information content (AvgIpc) is 1.52. The smallest absolute Gasteiger partial charge is 0.0716 e. The van der Waals surface area contributed by atoms with Gasteiger partial charge in [0, 0.05) is 33.5 Å². The summed E-state index contributed by atoms with van der Waals surface area (Å²) in [4.78, 5) is 5.00. The van der Waals surface area contributed by atoms with Gasteiger partial charge in [0.25, 0.3) is 0 Å². The molecule has 16 aromatic rings. The Morgan fingerprint density at radius 2 is 0.567 bits per heavy atom. The molecule has 0 heterocycles. The Kier molecular flexibility index (Phi) is 15.6. The molecule has 0 aromatic heterocycles. The minimum absolute atomic E-state index is 0.642. The van der Waals surface area contributed by atoms with Crippen molar-refractivity contribution in [2.45, 2.75) is 38.5 Å². The summed E-state index contributed by atoms with van der Waals surface area (Å²) in [5, 5.41) is 4.59. The second-order valence-electron chi connectivity index (χ2n) is 28.2. The van der Waals surface area contributed by atoms with Gasteiger partial charge in [-0.05, 0) is 222 Å². The number of aryl methyl sites for hydroxylation is 4. The lowest BCUT2D eigenvalue weighted by Gasteiger charge is -2.36. The fraction of sp³-hybridized carbons (Fsp3) is 0.0588. The van der Waals surface area contributed by atoms with Crippen LogP contribution in [-0.4, -0.2) is 0 Å². The van der Waals surface area contributed by atoms with Crippen LogP contribution in [0.5, 0.6) is 0 Å². The first-order valence-electron chi connectivity index (χ1n) is 36.2. The minimum Gasteiger partial charge on any atom is -0.310 e. The summed E-state index contributed by atoms with van der Waals surface area (Å²) in [5.41, 5.74) is 34.3. The fourth-order valence-corrected chi connectivity index (χ4v) is 17.5. The molecule has 0 spiro atoms. The molecule has 0 saturated heterocycles. The van der Waals surface area contributed by atoms with Gasteiger partial charge in [0.05, 0.1) is 22.2 Å². The minimum atomic E-state index is -0.642. The molecule has 0 radical (unpaired) electrons.